The molecule has 5 heteroatoms. The minimum Gasteiger partial charge on any atom is -0.480 e. The summed E-state index contributed by atoms with van der Waals surface area (Å²) in [5, 5.41) is 11.8. The molecule has 0 bridgehead atoms. The smallest absolute Gasteiger partial charge is 0.326 e. The number of nitrogens with zero attached hydrogens (tertiary/aromatic N) is 1. The van der Waals surface area contributed by atoms with Crippen molar-refractivity contribution in [2.45, 2.75) is 38.1 Å². The van der Waals surface area contributed by atoms with Gasteiger partial charge in [-0.2, -0.15) is 0 Å². The minimum atomic E-state index is -0.911. The minimum absolute atomic E-state index is 0.277. The van der Waals surface area contributed by atoms with Crippen LogP contribution >= 0.6 is 0 Å². The first-order valence-corrected chi connectivity index (χ1v) is 6.05. The highest BCUT2D eigenvalue weighted by Crippen LogP contribution is 2.17. The lowest BCUT2D eigenvalue weighted by atomic mass is 10.1. The van der Waals surface area contributed by atoms with E-state index in [-0.39, 0.29) is 6.03 Å². The van der Waals surface area contributed by atoms with Gasteiger partial charge in [-0.1, -0.05) is 18.9 Å². The number of carboxylic acids is 1. The summed E-state index contributed by atoms with van der Waals surface area (Å²) in [6.45, 7) is 4.60. The topological polar surface area (TPSA) is 69.6 Å². The number of nitrogens with one attached hydrogen (secondary N) is 1. The van der Waals surface area contributed by atoms with E-state index in [4.69, 9.17) is 5.11 Å². The average molecular weight is 240 g/mol. The predicted octanol–water partition coefficient (Wildman–Crippen LogP) is 1.60. The molecule has 1 saturated heterocycles. The molecule has 2 amide bonds. The van der Waals surface area contributed by atoms with Crippen LogP contribution in [0, 0.1) is 0 Å². The number of carbonyl (C=O) groups is 2. The molecule has 0 radical (unpaired) electrons. The quantitative estimate of drug-likeness (QED) is 0.579. The monoisotopic (exact) mass is 240 g/mol. The van der Waals surface area contributed by atoms with E-state index in [9.17, 15) is 9.59 Å². The summed E-state index contributed by atoms with van der Waals surface area (Å²) >= 11 is 0. The van der Waals surface area contributed by atoms with Crippen molar-refractivity contribution in [1.82, 2.24) is 10.2 Å². The molecule has 0 aliphatic carbocycles. The SMILES string of the molecule is C=CCCNC(=O)N1CCCCCC1C(=O)O. The summed E-state index contributed by atoms with van der Waals surface area (Å²) in [6.07, 6.45) is 5.69. The van der Waals surface area contributed by atoms with Crippen LogP contribution < -0.4 is 5.32 Å². The fourth-order valence-electron chi connectivity index (χ4n) is 1.99. The molecule has 0 saturated carbocycles. The van der Waals surface area contributed by atoms with E-state index in [0.717, 1.165) is 19.3 Å². The van der Waals surface area contributed by atoms with Crippen molar-refractivity contribution in [2.24, 2.45) is 0 Å². The van der Waals surface area contributed by atoms with E-state index < -0.39 is 12.0 Å². The van der Waals surface area contributed by atoms with Gasteiger partial charge in [-0.25, -0.2) is 9.59 Å². The van der Waals surface area contributed by atoms with Crippen molar-refractivity contribution in [2.75, 3.05) is 13.1 Å². The standard InChI is InChI=1S/C12H20N2O3/c1-2-3-8-13-12(17)14-9-6-4-5-7-10(14)11(15)16/h2,10H,1,3-9H2,(H,13,17)(H,15,16). The molecule has 0 aromatic rings. The Morgan fingerprint density at radius 1 is 1.41 bits per heavy atom. The zero-order valence-corrected chi connectivity index (χ0v) is 10.0. The number of amides is 2. The Morgan fingerprint density at radius 2 is 2.18 bits per heavy atom. The Labute approximate surface area is 101 Å². The Kier molecular flexibility index (Phi) is 5.52. The molecule has 96 valence electrons. The van der Waals surface area contributed by atoms with Gasteiger partial charge in [0.25, 0.3) is 0 Å². The van der Waals surface area contributed by atoms with Crippen LogP contribution in [0.5, 0.6) is 0 Å². The molecule has 17 heavy (non-hydrogen) atoms. The van der Waals surface area contributed by atoms with E-state index in [0.29, 0.717) is 25.9 Å². The number of carboxylic acid groups (broad SMARTS) is 1. The van der Waals surface area contributed by atoms with Gasteiger partial charge in [-0.3, -0.25) is 0 Å². The van der Waals surface area contributed by atoms with E-state index in [2.05, 4.69) is 11.9 Å². The number of likely N-dealkylation sites (tertiary alicyclic amines) is 1. The van der Waals surface area contributed by atoms with Crippen molar-refractivity contribution < 1.29 is 14.7 Å². The van der Waals surface area contributed by atoms with Gasteiger partial charge in [0.2, 0.25) is 0 Å². The van der Waals surface area contributed by atoms with Gasteiger partial charge in [0, 0.05) is 13.1 Å². The molecular formula is C12H20N2O3. The second-order valence-corrected chi connectivity index (χ2v) is 4.21. The molecule has 1 fully saturated rings. The third-order valence-corrected chi connectivity index (χ3v) is 2.92. The highest BCUT2D eigenvalue weighted by molar-refractivity contribution is 5.82. The molecule has 2 N–H and O–H groups in total. The maximum atomic E-state index is 11.9. The maximum absolute atomic E-state index is 11.9. The Balaban J connectivity index is 2.58. The van der Waals surface area contributed by atoms with E-state index in [1.54, 1.807) is 6.08 Å². The fourth-order valence-corrected chi connectivity index (χ4v) is 1.99. The van der Waals surface area contributed by atoms with Crippen LogP contribution in [0.25, 0.3) is 0 Å². The summed E-state index contributed by atoms with van der Waals surface area (Å²) in [7, 11) is 0. The van der Waals surface area contributed by atoms with Crippen LogP contribution in [0.4, 0.5) is 4.79 Å². The first kappa shape index (κ1) is 13.5. The van der Waals surface area contributed by atoms with Gasteiger partial charge in [-0.05, 0) is 19.3 Å². The van der Waals surface area contributed by atoms with Crippen molar-refractivity contribution >= 4 is 12.0 Å². The lowest BCUT2D eigenvalue weighted by Gasteiger charge is -2.26. The van der Waals surface area contributed by atoms with Gasteiger partial charge in [-0.15, -0.1) is 6.58 Å². The molecule has 1 heterocycles. The summed E-state index contributed by atoms with van der Waals surface area (Å²) < 4.78 is 0. The molecule has 5 nitrogen and oxygen atoms in total. The number of rotatable bonds is 4. The second kappa shape index (κ2) is 6.93. The number of hydrogen-bond acceptors (Lipinski definition) is 2. The van der Waals surface area contributed by atoms with Gasteiger partial charge < -0.3 is 15.3 Å². The predicted molar refractivity (Wildman–Crippen MR) is 64.8 cm³/mol. The molecule has 1 atom stereocenters. The van der Waals surface area contributed by atoms with E-state index >= 15 is 0 Å². The normalized spacial score (nSPS) is 20.5. The lowest BCUT2D eigenvalue weighted by Crippen LogP contribution is -2.49. The first-order valence-electron chi connectivity index (χ1n) is 6.05. The summed E-state index contributed by atoms with van der Waals surface area (Å²) in [5.74, 6) is -0.911. The molecule has 0 aromatic carbocycles. The lowest BCUT2D eigenvalue weighted by molar-refractivity contribution is -0.142. The average Bonchev–Trinajstić information content (AvgIpc) is 2.54. The van der Waals surface area contributed by atoms with Crippen LogP contribution in [-0.4, -0.2) is 41.1 Å². The highest BCUT2D eigenvalue weighted by Gasteiger charge is 2.30. The largest absolute Gasteiger partial charge is 0.480 e. The summed E-state index contributed by atoms with van der Waals surface area (Å²) in [6, 6.07) is -0.956. The first-order chi connectivity index (χ1) is 8.16. The summed E-state index contributed by atoms with van der Waals surface area (Å²) in [5.41, 5.74) is 0. The number of hydrogen-bond donors (Lipinski definition) is 2. The van der Waals surface area contributed by atoms with Crippen molar-refractivity contribution in [3.05, 3.63) is 12.7 Å². The zero-order chi connectivity index (χ0) is 12.7. The fraction of sp³-hybridized carbons (Fsp3) is 0.667. The van der Waals surface area contributed by atoms with Crippen molar-refractivity contribution in [3.63, 3.8) is 0 Å². The zero-order valence-electron chi connectivity index (χ0n) is 10.0. The Bertz CT molecular complexity index is 291. The third-order valence-electron chi connectivity index (χ3n) is 2.92. The maximum Gasteiger partial charge on any atom is 0.326 e. The molecule has 1 aliphatic rings. The molecule has 0 spiro atoms. The number of aliphatic carboxylic acids is 1. The van der Waals surface area contributed by atoms with Crippen LogP contribution in [-0.2, 0) is 4.79 Å². The van der Waals surface area contributed by atoms with Gasteiger partial charge in [0.05, 0.1) is 0 Å². The van der Waals surface area contributed by atoms with Crippen LogP contribution in [0.15, 0.2) is 12.7 Å². The van der Waals surface area contributed by atoms with Crippen LogP contribution in [0.1, 0.15) is 32.1 Å². The van der Waals surface area contributed by atoms with E-state index in [1.165, 1.54) is 4.90 Å². The van der Waals surface area contributed by atoms with E-state index in [1.807, 2.05) is 0 Å². The third kappa shape index (κ3) is 4.09. The van der Waals surface area contributed by atoms with Gasteiger partial charge >= 0.3 is 12.0 Å². The van der Waals surface area contributed by atoms with Crippen LogP contribution in [0.2, 0.25) is 0 Å². The Morgan fingerprint density at radius 3 is 2.82 bits per heavy atom. The molecule has 1 aliphatic heterocycles. The van der Waals surface area contributed by atoms with Crippen molar-refractivity contribution in [3.8, 4) is 0 Å². The molecule has 1 unspecified atom stereocenters. The number of urea groups is 1. The molecular weight excluding hydrogens is 220 g/mol. The Hall–Kier alpha value is -1.52. The molecule has 0 aromatic heterocycles. The summed E-state index contributed by atoms with van der Waals surface area (Å²) in [4.78, 5) is 24.4. The van der Waals surface area contributed by atoms with Crippen LogP contribution in [0.3, 0.4) is 0 Å². The number of carbonyl (C=O) groups excluding carboxylic acids is 1. The molecule has 1 rings (SSSR count). The highest BCUT2D eigenvalue weighted by atomic mass is 16.4. The van der Waals surface area contributed by atoms with Gasteiger partial charge in [0.15, 0.2) is 0 Å². The second-order valence-electron chi connectivity index (χ2n) is 4.21. The van der Waals surface area contributed by atoms with Gasteiger partial charge in [0.1, 0.15) is 6.04 Å². The van der Waals surface area contributed by atoms with Crippen molar-refractivity contribution in [1.29, 1.82) is 0 Å².